The molecule has 1 aromatic rings. The van der Waals surface area contributed by atoms with Gasteiger partial charge in [-0.25, -0.2) is 0 Å². The van der Waals surface area contributed by atoms with E-state index in [-0.39, 0.29) is 30.0 Å². The fraction of sp³-hybridized carbons (Fsp3) is 0.391. The smallest absolute Gasteiger partial charge is 0.255 e. The van der Waals surface area contributed by atoms with Crippen molar-refractivity contribution >= 4 is 29.0 Å². The molecule has 32 heavy (non-hydrogen) atoms. The first-order valence-corrected chi connectivity index (χ1v) is 10.2. The summed E-state index contributed by atoms with van der Waals surface area (Å²) in [4.78, 5) is 52.1. The molecular formula is C23H24N2O7. The first kappa shape index (κ1) is 21.9. The zero-order valence-electron chi connectivity index (χ0n) is 17.9. The van der Waals surface area contributed by atoms with E-state index in [1.165, 1.54) is 11.8 Å². The van der Waals surface area contributed by atoms with Crippen LogP contribution in [0.1, 0.15) is 34.8 Å². The molecule has 2 unspecified atom stereocenters. The van der Waals surface area contributed by atoms with E-state index >= 15 is 0 Å². The predicted molar refractivity (Wildman–Crippen MR) is 113 cm³/mol. The third kappa shape index (κ3) is 2.71. The zero-order valence-corrected chi connectivity index (χ0v) is 17.9. The summed E-state index contributed by atoms with van der Waals surface area (Å²) in [6.07, 6.45) is 0.294. The van der Waals surface area contributed by atoms with Gasteiger partial charge in [-0.2, -0.15) is 0 Å². The Labute approximate surface area is 183 Å². The van der Waals surface area contributed by atoms with Crippen LogP contribution >= 0.6 is 0 Å². The summed E-state index contributed by atoms with van der Waals surface area (Å²) in [7, 11) is 3.11. The number of hydrogen-bond acceptors (Lipinski definition) is 8. The van der Waals surface area contributed by atoms with Gasteiger partial charge < -0.3 is 21.1 Å². The van der Waals surface area contributed by atoms with Crippen LogP contribution in [0.15, 0.2) is 35.1 Å². The molecule has 4 rings (SSSR count). The molecule has 1 fully saturated rings. The number of aliphatic hydroxyl groups excluding tert-OH is 2. The van der Waals surface area contributed by atoms with E-state index in [4.69, 9.17) is 5.73 Å². The number of hydrogen-bond donors (Lipinski definition) is 4. The van der Waals surface area contributed by atoms with Crippen molar-refractivity contribution in [3.8, 4) is 0 Å². The average Bonchev–Trinajstić information content (AvgIpc) is 2.70. The van der Waals surface area contributed by atoms with Crippen molar-refractivity contribution in [1.29, 1.82) is 0 Å². The lowest BCUT2D eigenvalue weighted by Gasteiger charge is -2.50. The third-order valence-electron chi connectivity index (χ3n) is 6.89. The largest absolute Gasteiger partial charge is 0.508 e. The van der Waals surface area contributed by atoms with Gasteiger partial charge in [-0.1, -0.05) is 18.2 Å². The van der Waals surface area contributed by atoms with Gasteiger partial charge >= 0.3 is 0 Å². The molecule has 0 spiro atoms. The van der Waals surface area contributed by atoms with E-state index < -0.39 is 52.3 Å². The maximum Gasteiger partial charge on any atom is 0.255 e. The van der Waals surface area contributed by atoms with Crippen LogP contribution in [-0.4, -0.2) is 69.2 Å². The molecule has 1 saturated carbocycles. The summed E-state index contributed by atoms with van der Waals surface area (Å²) in [5.41, 5.74) is 3.09. The van der Waals surface area contributed by atoms with E-state index in [9.17, 15) is 34.5 Å². The molecule has 1 amide bonds. The number of fused-ring (bicyclic) bond motifs is 3. The Hall–Kier alpha value is -3.30. The van der Waals surface area contributed by atoms with Crippen LogP contribution < -0.4 is 5.73 Å². The topological polar surface area (TPSA) is 158 Å². The van der Waals surface area contributed by atoms with Crippen LogP contribution in [0, 0.1) is 11.8 Å². The highest BCUT2D eigenvalue weighted by atomic mass is 16.3. The van der Waals surface area contributed by atoms with Gasteiger partial charge in [0.25, 0.3) is 5.91 Å². The summed E-state index contributed by atoms with van der Waals surface area (Å²) < 4.78 is 0. The number of amides is 1. The first-order chi connectivity index (χ1) is 14.9. The monoisotopic (exact) mass is 440 g/mol. The van der Waals surface area contributed by atoms with E-state index in [0.29, 0.717) is 16.7 Å². The van der Waals surface area contributed by atoms with Gasteiger partial charge in [0.1, 0.15) is 17.1 Å². The van der Waals surface area contributed by atoms with Gasteiger partial charge in [0.2, 0.25) is 5.78 Å². The number of carbonyl (C=O) groups excluding carboxylic acids is 4. The van der Waals surface area contributed by atoms with Crippen molar-refractivity contribution in [3.05, 3.63) is 51.8 Å². The second kappa shape index (κ2) is 7.11. The summed E-state index contributed by atoms with van der Waals surface area (Å²) >= 11 is 0. The number of aliphatic hydroxyl groups is 3. The second-order valence-corrected chi connectivity index (χ2v) is 8.85. The molecule has 168 valence electrons. The van der Waals surface area contributed by atoms with Crippen LogP contribution in [0.4, 0.5) is 0 Å². The summed E-state index contributed by atoms with van der Waals surface area (Å²) in [6.45, 7) is 1.41. The molecular weight excluding hydrogens is 416 g/mol. The SMILES string of the molecule is CC(=O)c1cccc2c1CC1CC3[C@H](N(C)C)C(=O)C(C(N)=O)=C(O)[C@@]3(O)C(=O)C1=C2O. The fourth-order valence-corrected chi connectivity index (χ4v) is 5.50. The van der Waals surface area contributed by atoms with Gasteiger partial charge in [-0.15, -0.1) is 0 Å². The van der Waals surface area contributed by atoms with Crippen LogP contribution in [0.25, 0.3) is 5.76 Å². The minimum atomic E-state index is -2.59. The molecule has 9 heteroatoms. The summed E-state index contributed by atoms with van der Waals surface area (Å²) in [5.74, 6) is -6.35. The van der Waals surface area contributed by atoms with Crippen molar-refractivity contribution in [3.63, 3.8) is 0 Å². The molecule has 0 radical (unpaired) electrons. The van der Waals surface area contributed by atoms with Gasteiger partial charge in [0, 0.05) is 22.6 Å². The maximum atomic E-state index is 13.6. The Morgan fingerprint density at radius 1 is 1.19 bits per heavy atom. The van der Waals surface area contributed by atoms with Crippen molar-refractivity contribution < 1.29 is 34.5 Å². The number of nitrogens with two attached hydrogens (primary N) is 1. The number of benzene rings is 1. The molecule has 0 aromatic heterocycles. The van der Waals surface area contributed by atoms with Crippen LogP contribution in [0.3, 0.4) is 0 Å². The van der Waals surface area contributed by atoms with Gasteiger partial charge in [0.15, 0.2) is 17.2 Å². The molecule has 3 aliphatic rings. The fourth-order valence-electron chi connectivity index (χ4n) is 5.50. The molecule has 3 aliphatic carbocycles. The van der Waals surface area contributed by atoms with E-state index in [1.807, 2.05) is 0 Å². The van der Waals surface area contributed by atoms with E-state index in [0.717, 1.165) is 0 Å². The Bertz CT molecular complexity index is 1160. The van der Waals surface area contributed by atoms with Crippen molar-refractivity contribution in [1.82, 2.24) is 4.90 Å². The number of ketones is 3. The number of primary amides is 1. The minimum absolute atomic E-state index is 0.0536. The highest BCUT2D eigenvalue weighted by Gasteiger charge is 2.64. The quantitative estimate of drug-likeness (QED) is 0.390. The summed E-state index contributed by atoms with van der Waals surface area (Å²) in [5, 5.41) is 33.2. The standard InChI is InChI=1S/C23H24N2O7/c1-9(26)11-5-4-6-12-13(11)7-10-8-14-17(25(2)3)19(28)16(22(24)31)21(30)23(14,32)20(29)15(10)18(12)27/h4-6,10,14,17,27,30,32H,7-8H2,1-3H3,(H2,24,31)/t10?,14?,17-,23-/m0/s1. The van der Waals surface area contributed by atoms with Crippen LogP contribution in [0.5, 0.6) is 0 Å². The molecule has 0 saturated heterocycles. The van der Waals surface area contributed by atoms with E-state index in [1.54, 1.807) is 32.3 Å². The molecule has 5 N–H and O–H groups in total. The number of carbonyl (C=O) groups is 4. The molecule has 0 heterocycles. The lowest BCUT2D eigenvalue weighted by molar-refractivity contribution is -0.153. The normalized spacial score (nSPS) is 29.6. The first-order valence-electron chi connectivity index (χ1n) is 10.2. The van der Waals surface area contributed by atoms with Crippen LogP contribution in [0.2, 0.25) is 0 Å². The van der Waals surface area contributed by atoms with Crippen molar-refractivity contribution in [2.45, 2.75) is 31.4 Å². The van der Waals surface area contributed by atoms with Crippen LogP contribution in [-0.2, 0) is 20.8 Å². The summed E-state index contributed by atoms with van der Waals surface area (Å²) in [6, 6.07) is 3.69. The number of Topliss-reactive ketones (excluding diaryl/α,β-unsaturated/α-hetero) is 3. The van der Waals surface area contributed by atoms with Gasteiger partial charge in [-0.05, 0) is 45.3 Å². The highest BCUT2D eigenvalue weighted by Crippen LogP contribution is 2.51. The third-order valence-corrected chi connectivity index (χ3v) is 6.89. The average molecular weight is 440 g/mol. The van der Waals surface area contributed by atoms with Gasteiger partial charge in [-0.3, -0.25) is 24.1 Å². The number of nitrogens with zero attached hydrogens (tertiary/aromatic N) is 1. The van der Waals surface area contributed by atoms with Gasteiger partial charge in [0.05, 0.1) is 6.04 Å². The predicted octanol–water partition coefficient (Wildman–Crippen LogP) is 0.461. The second-order valence-electron chi connectivity index (χ2n) is 8.85. The minimum Gasteiger partial charge on any atom is -0.508 e. The highest BCUT2D eigenvalue weighted by molar-refractivity contribution is 6.24. The maximum absolute atomic E-state index is 13.6. The van der Waals surface area contributed by atoms with Crippen molar-refractivity contribution in [2.75, 3.05) is 14.1 Å². The number of likely N-dealkylation sites (N-methyl/N-ethyl adjacent to an activating group) is 1. The molecule has 1 aromatic carbocycles. The Morgan fingerprint density at radius 3 is 2.41 bits per heavy atom. The molecule has 9 nitrogen and oxygen atoms in total. The van der Waals surface area contributed by atoms with Crippen molar-refractivity contribution in [2.24, 2.45) is 17.6 Å². The molecule has 0 bridgehead atoms. The lowest BCUT2D eigenvalue weighted by Crippen LogP contribution is -2.65. The Morgan fingerprint density at radius 2 is 1.84 bits per heavy atom. The Kier molecular flexibility index (Phi) is 4.87. The number of rotatable bonds is 3. The Balaban J connectivity index is 1.97. The lowest BCUT2D eigenvalue weighted by atomic mass is 9.57. The molecule has 4 atom stereocenters. The molecule has 0 aliphatic heterocycles. The zero-order chi connectivity index (χ0) is 23.7. The van der Waals surface area contributed by atoms with E-state index in [2.05, 4.69) is 0 Å².